The quantitative estimate of drug-likeness (QED) is 0.624. The number of carbonyl (C=O) groups is 3. The van der Waals surface area contributed by atoms with Crippen LogP contribution in [0.15, 0.2) is 46.9 Å². The summed E-state index contributed by atoms with van der Waals surface area (Å²) >= 11 is 3.31. The van der Waals surface area contributed by atoms with Gasteiger partial charge in [-0.2, -0.15) is 0 Å². The highest BCUT2D eigenvalue weighted by molar-refractivity contribution is 9.10. The fraction of sp³-hybridized carbons (Fsp3) is 0.211. The summed E-state index contributed by atoms with van der Waals surface area (Å²) in [6.07, 6.45) is 0.0930. The third-order valence-electron chi connectivity index (χ3n) is 3.54. The van der Waals surface area contributed by atoms with Crippen LogP contribution in [0.5, 0.6) is 5.75 Å². The Labute approximate surface area is 165 Å². The second kappa shape index (κ2) is 9.72. The van der Waals surface area contributed by atoms with Crippen molar-refractivity contribution in [3.63, 3.8) is 0 Å². The zero-order chi connectivity index (χ0) is 19.8. The lowest BCUT2D eigenvalue weighted by Gasteiger charge is -2.12. The first kappa shape index (κ1) is 20.4. The molecule has 0 saturated heterocycles. The first-order valence-corrected chi connectivity index (χ1v) is 8.97. The summed E-state index contributed by atoms with van der Waals surface area (Å²) < 4.78 is 6.10. The molecule has 3 N–H and O–H groups in total. The van der Waals surface area contributed by atoms with E-state index in [1.165, 1.54) is 14.0 Å². The van der Waals surface area contributed by atoms with Crippen molar-refractivity contribution in [3.8, 4) is 5.75 Å². The summed E-state index contributed by atoms with van der Waals surface area (Å²) in [6.45, 7) is 1.59. The van der Waals surface area contributed by atoms with Crippen molar-refractivity contribution in [2.45, 2.75) is 13.3 Å². The molecular weight excluding hydrogens is 414 g/mol. The fourth-order valence-electron chi connectivity index (χ4n) is 2.29. The molecule has 2 aromatic carbocycles. The maximum absolute atomic E-state index is 12.2. The summed E-state index contributed by atoms with van der Waals surface area (Å²) in [7, 11) is 1.49. The van der Waals surface area contributed by atoms with Gasteiger partial charge in [0, 0.05) is 35.6 Å². The van der Waals surface area contributed by atoms with Gasteiger partial charge in [0.25, 0.3) is 5.91 Å². The van der Waals surface area contributed by atoms with Crippen LogP contribution >= 0.6 is 15.9 Å². The van der Waals surface area contributed by atoms with Crippen LogP contribution in [0, 0.1) is 0 Å². The molecule has 0 fully saturated rings. The molecular formula is C19H20BrN3O4. The van der Waals surface area contributed by atoms with E-state index in [-0.39, 0.29) is 30.7 Å². The number of hydrogen-bond donors (Lipinski definition) is 3. The molecule has 8 heteroatoms. The molecule has 0 unspecified atom stereocenters. The van der Waals surface area contributed by atoms with Crippen LogP contribution in [0.3, 0.4) is 0 Å². The molecule has 0 spiro atoms. The van der Waals surface area contributed by atoms with E-state index in [0.717, 1.165) is 4.47 Å². The van der Waals surface area contributed by atoms with Crippen LogP contribution in [0.4, 0.5) is 11.4 Å². The van der Waals surface area contributed by atoms with Gasteiger partial charge in [0.15, 0.2) is 0 Å². The molecule has 0 bridgehead atoms. The molecule has 3 amide bonds. The minimum absolute atomic E-state index is 0.0930. The van der Waals surface area contributed by atoms with Crippen molar-refractivity contribution in [2.24, 2.45) is 0 Å². The van der Waals surface area contributed by atoms with E-state index in [0.29, 0.717) is 22.7 Å². The average molecular weight is 434 g/mol. The lowest BCUT2D eigenvalue weighted by Crippen LogP contribution is -2.27. The van der Waals surface area contributed by atoms with Gasteiger partial charge in [-0.1, -0.05) is 15.9 Å². The van der Waals surface area contributed by atoms with Crippen LogP contribution in [0.2, 0.25) is 0 Å². The zero-order valence-electron chi connectivity index (χ0n) is 15.0. The summed E-state index contributed by atoms with van der Waals surface area (Å²) in [4.78, 5) is 35.4. The molecule has 0 aliphatic heterocycles. The molecule has 2 aromatic rings. The molecule has 0 aliphatic carbocycles. The maximum Gasteiger partial charge on any atom is 0.251 e. The number of methoxy groups -OCH3 is 1. The predicted molar refractivity (Wildman–Crippen MR) is 107 cm³/mol. The number of carbonyl (C=O) groups excluding carboxylic acids is 3. The topological polar surface area (TPSA) is 96.5 Å². The zero-order valence-corrected chi connectivity index (χ0v) is 16.6. The molecule has 2 rings (SSSR count). The van der Waals surface area contributed by atoms with Gasteiger partial charge in [0.2, 0.25) is 11.8 Å². The first-order chi connectivity index (χ1) is 12.9. The Morgan fingerprint density at radius 2 is 1.74 bits per heavy atom. The highest BCUT2D eigenvalue weighted by Crippen LogP contribution is 2.28. The third kappa shape index (κ3) is 6.41. The highest BCUT2D eigenvalue weighted by Gasteiger charge is 2.11. The second-order valence-electron chi connectivity index (χ2n) is 5.66. The minimum atomic E-state index is -0.288. The Hall–Kier alpha value is -2.87. The number of amides is 3. The Morgan fingerprint density at radius 3 is 2.37 bits per heavy atom. The summed E-state index contributed by atoms with van der Waals surface area (Å²) in [6, 6.07) is 11.9. The normalized spacial score (nSPS) is 10.0. The Morgan fingerprint density at radius 1 is 1.04 bits per heavy atom. The molecule has 0 atom stereocenters. The summed E-state index contributed by atoms with van der Waals surface area (Å²) in [5.41, 5.74) is 1.50. The largest absolute Gasteiger partial charge is 0.495 e. The molecule has 0 aliphatic rings. The van der Waals surface area contributed by atoms with Gasteiger partial charge >= 0.3 is 0 Å². The molecule has 0 saturated carbocycles. The average Bonchev–Trinajstić information content (AvgIpc) is 2.62. The minimum Gasteiger partial charge on any atom is -0.495 e. The number of nitrogens with one attached hydrogen (secondary N) is 3. The molecule has 27 heavy (non-hydrogen) atoms. The van der Waals surface area contributed by atoms with Crippen molar-refractivity contribution in [2.75, 3.05) is 24.3 Å². The van der Waals surface area contributed by atoms with E-state index in [9.17, 15) is 14.4 Å². The first-order valence-electron chi connectivity index (χ1n) is 8.18. The van der Waals surface area contributed by atoms with Crippen LogP contribution in [0.25, 0.3) is 0 Å². The summed E-state index contributed by atoms with van der Waals surface area (Å²) in [5.74, 6) is -0.283. The molecule has 7 nitrogen and oxygen atoms in total. The van der Waals surface area contributed by atoms with E-state index in [2.05, 4.69) is 31.9 Å². The molecule has 0 aromatic heterocycles. The van der Waals surface area contributed by atoms with Gasteiger partial charge in [-0.15, -0.1) is 0 Å². The highest BCUT2D eigenvalue weighted by atomic mass is 79.9. The van der Waals surface area contributed by atoms with E-state index >= 15 is 0 Å². The monoisotopic (exact) mass is 433 g/mol. The standard InChI is InChI=1S/C19H20BrN3O4/c1-12(24)22-15-7-8-17(27-2)16(11-15)23-18(25)9-10-21-19(26)13-3-5-14(20)6-4-13/h3-8,11H,9-10H2,1-2H3,(H,21,26)(H,22,24)(H,23,25). The Kier molecular flexibility index (Phi) is 7.36. The van der Waals surface area contributed by atoms with E-state index < -0.39 is 0 Å². The van der Waals surface area contributed by atoms with Gasteiger partial charge in [-0.05, 0) is 42.5 Å². The van der Waals surface area contributed by atoms with Crippen molar-refractivity contribution >= 4 is 45.0 Å². The molecule has 0 radical (unpaired) electrons. The lowest BCUT2D eigenvalue weighted by molar-refractivity contribution is -0.116. The number of rotatable bonds is 7. The van der Waals surface area contributed by atoms with Gasteiger partial charge < -0.3 is 20.7 Å². The molecule has 142 valence electrons. The van der Waals surface area contributed by atoms with E-state index in [4.69, 9.17) is 4.74 Å². The second-order valence-corrected chi connectivity index (χ2v) is 6.57. The fourth-order valence-corrected chi connectivity index (χ4v) is 2.56. The smallest absolute Gasteiger partial charge is 0.251 e. The summed E-state index contributed by atoms with van der Waals surface area (Å²) in [5, 5.41) is 8.06. The van der Waals surface area contributed by atoms with Crippen molar-refractivity contribution in [1.82, 2.24) is 5.32 Å². The predicted octanol–water partition coefficient (Wildman–Crippen LogP) is 3.17. The number of benzene rings is 2. The number of hydrogen-bond acceptors (Lipinski definition) is 4. The van der Waals surface area contributed by atoms with Gasteiger partial charge in [-0.3, -0.25) is 14.4 Å². The third-order valence-corrected chi connectivity index (χ3v) is 4.07. The molecule has 0 heterocycles. The van der Waals surface area contributed by atoms with Crippen molar-refractivity contribution in [3.05, 3.63) is 52.5 Å². The van der Waals surface area contributed by atoms with Crippen molar-refractivity contribution < 1.29 is 19.1 Å². The van der Waals surface area contributed by atoms with Crippen LogP contribution < -0.4 is 20.7 Å². The number of anilines is 2. The van der Waals surface area contributed by atoms with Crippen LogP contribution in [-0.4, -0.2) is 31.4 Å². The SMILES string of the molecule is COc1ccc(NC(C)=O)cc1NC(=O)CCNC(=O)c1ccc(Br)cc1. The van der Waals surface area contributed by atoms with Gasteiger partial charge in [-0.25, -0.2) is 0 Å². The Balaban J connectivity index is 1.90. The lowest BCUT2D eigenvalue weighted by atomic mass is 10.2. The van der Waals surface area contributed by atoms with Crippen LogP contribution in [0.1, 0.15) is 23.7 Å². The van der Waals surface area contributed by atoms with E-state index in [1.54, 1.807) is 42.5 Å². The van der Waals surface area contributed by atoms with Crippen LogP contribution in [-0.2, 0) is 9.59 Å². The van der Waals surface area contributed by atoms with Crippen molar-refractivity contribution in [1.29, 1.82) is 0 Å². The maximum atomic E-state index is 12.2. The van der Waals surface area contributed by atoms with Gasteiger partial charge in [0.05, 0.1) is 12.8 Å². The number of ether oxygens (including phenoxy) is 1. The number of halogens is 1. The van der Waals surface area contributed by atoms with Gasteiger partial charge in [0.1, 0.15) is 5.75 Å². The Bertz CT molecular complexity index is 837. The van der Waals surface area contributed by atoms with E-state index in [1.807, 2.05) is 0 Å².